The number of amides is 1. The molecule has 110 valence electrons. The summed E-state index contributed by atoms with van der Waals surface area (Å²) in [4.78, 5) is 14.4. The summed E-state index contributed by atoms with van der Waals surface area (Å²) >= 11 is 0. The average Bonchev–Trinajstić information content (AvgIpc) is 2.86. The van der Waals surface area contributed by atoms with Crippen LogP contribution >= 0.6 is 0 Å². The van der Waals surface area contributed by atoms with Crippen LogP contribution in [0.25, 0.3) is 0 Å². The van der Waals surface area contributed by atoms with Crippen molar-refractivity contribution in [1.82, 2.24) is 10.2 Å². The highest BCUT2D eigenvalue weighted by Gasteiger charge is 2.26. The van der Waals surface area contributed by atoms with E-state index in [4.69, 9.17) is 0 Å². The molecule has 2 rings (SSSR count). The number of benzene rings is 1. The Morgan fingerprint density at radius 3 is 2.55 bits per heavy atom. The molecular weight excluding hydrogens is 276 g/mol. The van der Waals surface area contributed by atoms with Gasteiger partial charge in [0.1, 0.15) is 0 Å². The second kappa shape index (κ2) is 5.93. The first-order valence-corrected chi connectivity index (χ1v) is 8.55. The van der Waals surface area contributed by atoms with Crippen LogP contribution in [0.15, 0.2) is 29.2 Å². The van der Waals surface area contributed by atoms with Crippen LogP contribution in [-0.2, 0) is 9.84 Å². The van der Waals surface area contributed by atoms with Gasteiger partial charge in [0.25, 0.3) is 5.91 Å². The van der Waals surface area contributed by atoms with E-state index >= 15 is 0 Å². The first kappa shape index (κ1) is 15.0. The standard InChI is InChI=1S/C14H20N2O3S/c1-15-9-11-7-8-16(10-11)14(17)12-3-5-13(6-4-12)20(2,18)19/h3-6,11,15H,7-10H2,1-2H3. The maximum Gasteiger partial charge on any atom is 0.253 e. The molecule has 1 aromatic carbocycles. The van der Waals surface area contributed by atoms with Crippen molar-refractivity contribution in [2.75, 3.05) is 32.9 Å². The van der Waals surface area contributed by atoms with Gasteiger partial charge in [-0.25, -0.2) is 8.42 Å². The van der Waals surface area contributed by atoms with Crippen molar-refractivity contribution in [3.63, 3.8) is 0 Å². The van der Waals surface area contributed by atoms with Crippen LogP contribution in [-0.4, -0.2) is 52.2 Å². The van der Waals surface area contributed by atoms with Crippen molar-refractivity contribution in [2.24, 2.45) is 5.92 Å². The van der Waals surface area contributed by atoms with Gasteiger partial charge in [0.15, 0.2) is 9.84 Å². The highest BCUT2D eigenvalue weighted by molar-refractivity contribution is 7.90. The molecular formula is C14H20N2O3S. The van der Waals surface area contributed by atoms with E-state index in [0.717, 1.165) is 32.3 Å². The zero-order valence-corrected chi connectivity index (χ0v) is 12.6. The summed E-state index contributed by atoms with van der Waals surface area (Å²) in [5, 5.41) is 3.13. The molecule has 1 N–H and O–H groups in total. The smallest absolute Gasteiger partial charge is 0.253 e. The molecule has 1 unspecified atom stereocenters. The zero-order valence-electron chi connectivity index (χ0n) is 11.8. The van der Waals surface area contributed by atoms with Crippen LogP contribution in [0.2, 0.25) is 0 Å². The molecule has 5 nitrogen and oxygen atoms in total. The molecule has 0 aromatic heterocycles. The van der Waals surface area contributed by atoms with Gasteiger partial charge in [-0.3, -0.25) is 4.79 Å². The lowest BCUT2D eigenvalue weighted by molar-refractivity contribution is 0.0787. The molecule has 1 saturated heterocycles. The fraction of sp³-hybridized carbons (Fsp3) is 0.500. The van der Waals surface area contributed by atoms with Crippen molar-refractivity contribution in [3.8, 4) is 0 Å². The maximum absolute atomic E-state index is 12.3. The number of rotatable bonds is 4. The van der Waals surface area contributed by atoms with Gasteiger partial charge in [-0.1, -0.05) is 0 Å². The van der Waals surface area contributed by atoms with Crippen LogP contribution in [0.5, 0.6) is 0 Å². The van der Waals surface area contributed by atoms with E-state index in [1.165, 1.54) is 12.1 Å². The summed E-state index contributed by atoms with van der Waals surface area (Å²) in [6.07, 6.45) is 2.17. The normalized spacial score (nSPS) is 19.3. The Bertz CT molecular complexity index is 581. The molecule has 0 spiro atoms. The molecule has 1 fully saturated rings. The molecule has 1 aliphatic heterocycles. The van der Waals surface area contributed by atoms with Crippen molar-refractivity contribution >= 4 is 15.7 Å². The Hall–Kier alpha value is -1.40. The molecule has 1 amide bonds. The molecule has 6 heteroatoms. The van der Waals surface area contributed by atoms with E-state index in [9.17, 15) is 13.2 Å². The van der Waals surface area contributed by atoms with Crippen molar-refractivity contribution in [2.45, 2.75) is 11.3 Å². The Kier molecular flexibility index (Phi) is 4.45. The Labute approximate surface area is 119 Å². The van der Waals surface area contributed by atoms with Gasteiger partial charge >= 0.3 is 0 Å². The van der Waals surface area contributed by atoms with E-state index < -0.39 is 9.84 Å². The van der Waals surface area contributed by atoms with E-state index in [-0.39, 0.29) is 10.8 Å². The van der Waals surface area contributed by atoms with Gasteiger partial charge in [0.2, 0.25) is 0 Å². The number of hydrogen-bond acceptors (Lipinski definition) is 4. The summed E-state index contributed by atoms with van der Waals surface area (Å²) in [5.74, 6) is 0.475. The van der Waals surface area contributed by atoms with E-state index in [2.05, 4.69) is 5.32 Å². The maximum atomic E-state index is 12.3. The number of nitrogens with one attached hydrogen (secondary N) is 1. The number of likely N-dealkylation sites (tertiary alicyclic amines) is 1. The van der Waals surface area contributed by atoms with Gasteiger partial charge < -0.3 is 10.2 Å². The Morgan fingerprint density at radius 1 is 1.35 bits per heavy atom. The number of carbonyl (C=O) groups excluding carboxylic acids is 1. The minimum absolute atomic E-state index is 0.0244. The highest BCUT2D eigenvalue weighted by atomic mass is 32.2. The molecule has 1 atom stereocenters. The highest BCUT2D eigenvalue weighted by Crippen LogP contribution is 2.19. The largest absolute Gasteiger partial charge is 0.338 e. The van der Waals surface area contributed by atoms with Crippen LogP contribution < -0.4 is 5.32 Å². The minimum atomic E-state index is -3.21. The SMILES string of the molecule is CNCC1CCN(C(=O)c2ccc(S(C)(=O)=O)cc2)C1. The van der Waals surface area contributed by atoms with Gasteiger partial charge in [-0.2, -0.15) is 0 Å². The lowest BCUT2D eigenvalue weighted by Crippen LogP contribution is -2.30. The third kappa shape index (κ3) is 3.37. The Balaban J connectivity index is 2.07. The van der Waals surface area contributed by atoms with Crippen LogP contribution in [0.4, 0.5) is 0 Å². The number of sulfone groups is 1. The first-order chi connectivity index (χ1) is 9.41. The lowest BCUT2D eigenvalue weighted by Gasteiger charge is -2.16. The predicted octanol–water partition coefficient (Wildman–Crippen LogP) is 0.772. The Morgan fingerprint density at radius 2 is 2.00 bits per heavy atom. The fourth-order valence-corrected chi connectivity index (χ4v) is 3.13. The van der Waals surface area contributed by atoms with Gasteiger partial charge in [0, 0.05) is 24.9 Å². The van der Waals surface area contributed by atoms with E-state index in [1.54, 1.807) is 12.1 Å². The number of hydrogen-bond donors (Lipinski definition) is 1. The van der Waals surface area contributed by atoms with Crippen molar-refractivity contribution in [3.05, 3.63) is 29.8 Å². The van der Waals surface area contributed by atoms with E-state index in [0.29, 0.717) is 11.5 Å². The molecule has 1 heterocycles. The summed E-state index contributed by atoms with van der Waals surface area (Å²) in [5.41, 5.74) is 0.544. The predicted molar refractivity (Wildman–Crippen MR) is 77.5 cm³/mol. The second-order valence-electron chi connectivity index (χ2n) is 5.26. The lowest BCUT2D eigenvalue weighted by atomic mass is 10.1. The molecule has 0 saturated carbocycles. The third-order valence-electron chi connectivity index (χ3n) is 3.60. The zero-order chi connectivity index (χ0) is 14.8. The molecule has 0 bridgehead atoms. The van der Waals surface area contributed by atoms with Gasteiger partial charge in [-0.15, -0.1) is 0 Å². The van der Waals surface area contributed by atoms with Crippen LogP contribution in [0.3, 0.4) is 0 Å². The van der Waals surface area contributed by atoms with Crippen LogP contribution in [0.1, 0.15) is 16.8 Å². The monoisotopic (exact) mass is 296 g/mol. The minimum Gasteiger partial charge on any atom is -0.338 e. The van der Waals surface area contributed by atoms with Gasteiger partial charge in [0.05, 0.1) is 4.90 Å². The third-order valence-corrected chi connectivity index (χ3v) is 4.72. The molecule has 0 radical (unpaired) electrons. The summed E-state index contributed by atoms with van der Waals surface area (Å²) in [6, 6.07) is 6.15. The second-order valence-corrected chi connectivity index (χ2v) is 7.28. The quantitative estimate of drug-likeness (QED) is 0.891. The van der Waals surface area contributed by atoms with Gasteiger partial charge in [-0.05, 0) is 50.2 Å². The number of carbonyl (C=O) groups is 1. The molecule has 1 aromatic rings. The number of nitrogens with zero attached hydrogens (tertiary/aromatic N) is 1. The summed E-state index contributed by atoms with van der Waals surface area (Å²) in [7, 11) is -1.30. The topological polar surface area (TPSA) is 66.5 Å². The molecule has 1 aliphatic rings. The summed E-state index contributed by atoms with van der Waals surface area (Å²) < 4.78 is 22.8. The van der Waals surface area contributed by atoms with E-state index in [1.807, 2.05) is 11.9 Å². The van der Waals surface area contributed by atoms with Crippen LogP contribution in [0, 0.1) is 5.92 Å². The molecule has 0 aliphatic carbocycles. The summed E-state index contributed by atoms with van der Waals surface area (Å²) in [6.45, 7) is 2.43. The molecule has 20 heavy (non-hydrogen) atoms. The first-order valence-electron chi connectivity index (χ1n) is 6.66. The van der Waals surface area contributed by atoms with Crippen molar-refractivity contribution in [1.29, 1.82) is 0 Å². The average molecular weight is 296 g/mol. The van der Waals surface area contributed by atoms with Crippen molar-refractivity contribution < 1.29 is 13.2 Å². The fourth-order valence-electron chi connectivity index (χ4n) is 2.50.